The molecule has 2 rings (SSSR count). The molecule has 7 heteroatoms. The van der Waals surface area contributed by atoms with Crippen LogP contribution in [0.2, 0.25) is 0 Å². The lowest BCUT2D eigenvalue weighted by Crippen LogP contribution is -2.40. The van der Waals surface area contributed by atoms with Crippen molar-refractivity contribution in [1.82, 2.24) is 19.8 Å². The molecule has 1 aliphatic heterocycles. The van der Waals surface area contributed by atoms with Crippen LogP contribution in [0.4, 0.5) is 0 Å². The van der Waals surface area contributed by atoms with E-state index in [9.17, 15) is 14.7 Å². The highest BCUT2D eigenvalue weighted by molar-refractivity contribution is 5.79. The third-order valence-electron chi connectivity index (χ3n) is 4.00. The van der Waals surface area contributed by atoms with Crippen molar-refractivity contribution in [3.05, 3.63) is 27.9 Å². The zero-order valence-corrected chi connectivity index (χ0v) is 12.7. The van der Waals surface area contributed by atoms with Crippen LogP contribution in [-0.4, -0.2) is 70.1 Å². The highest BCUT2D eigenvalue weighted by atomic mass is 16.3. The molecule has 1 aliphatic rings. The SMILES string of the molecule is Cc1ncc(CC(=O)N2C[C@H](N(C)C)C[C@H]2CO)c(=O)[nH]1. The molecule has 0 aliphatic carbocycles. The molecule has 1 amide bonds. The molecule has 2 heterocycles. The van der Waals surface area contributed by atoms with Gasteiger partial charge in [0.1, 0.15) is 5.82 Å². The number of aryl methyl sites for hydroxylation is 1. The summed E-state index contributed by atoms with van der Waals surface area (Å²) in [6, 6.07) is 0.0583. The number of hydrogen-bond acceptors (Lipinski definition) is 5. The standard InChI is InChI=1S/C14H22N4O3/c1-9-15-6-10(14(21)16-9)4-13(20)18-7-11(17(2)3)5-12(18)8-19/h6,11-12,19H,4-5,7-8H2,1-3H3,(H,15,16,21)/t11-,12+/m1/s1. The Morgan fingerprint density at radius 2 is 2.29 bits per heavy atom. The molecule has 0 radical (unpaired) electrons. The number of H-pyrrole nitrogens is 1. The number of aromatic nitrogens is 2. The first-order chi connectivity index (χ1) is 9.92. The number of carbonyl (C=O) groups is 1. The predicted molar refractivity (Wildman–Crippen MR) is 78.0 cm³/mol. The number of aliphatic hydroxyl groups is 1. The summed E-state index contributed by atoms with van der Waals surface area (Å²) in [5.41, 5.74) is 0.0790. The molecule has 2 N–H and O–H groups in total. The van der Waals surface area contributed by atoms with E-state index < -0.39 is 0 Å². The Labute approximate surface area is 123 Å². The van der Waals surface area contributed by atoms with Crippen molar-refractivity contribution in [1.29, 1.82) is 0 Å². The summed E-state index contributed by atoms with van der Waals surface area (Å²) in [5, 5.41) is 9.45. The average molecular weight is 294 g/mol. The molecule has 1 saturated heterocycles. The molecule has 0 bridgehead atoms. The normalized spacial score (nSPS) is 22.0. The molecule has 0 aromatic carbocycles. The fourth-order valence-corrected chi connectivity index (χ4v) is 2.65. The number of likely N-dealkylation sites (N-methyl/N-ethyl adjacent to an activating group) is 1. The topological polar surface area (TPSA) is 89.5 Å². The van der Waals surface area contributed by atoms with Crippen molar-refractivity contribution in [2.75, 3.05) is 27.2 Å². The van der Waals surface area contributed by atoms with Crippen LogP contribution in [0.15, 0.2) is 11.0 Å². The quantitative estimate of drug-likeness (QED) is 0.754. The van der Waals surface area contributed by atoms with Gasteiger partial charge in [-0.2, -0.15) is 0 Å². The zero-order chi connectivity index (χ0) is 15.6. The fourth-order valence-electron chi connectivity index (χ4n) is 2.65. The van der Waals surface area contributed by atoms with Crippen molar-refractivity contribution in [3.8, 4) is 0 Å². The summed E-state index contributed by atoms with van der Waals surface area (Å²) >= 11 is 0. The Bertz CT molecular complexity index is 570. The van der Waals surface area contributed by atoms with E-state index in [1.165, 1.54) is 6.20 Å². The summed E-state index contributed by atoms with van der Waals surface area (Å²) in [7, 11) is 3.92. The lowest BCUT2D eigenvalue weighted by atomic mass is 10.1. The highest BCUT2D eigenvalue weighted by Crippen LogP contribution is 2.21. The minimum atomic E-state index is -0.278. The summed E-state index contributed by atoms with van der Waals surface area (Å²) in [6.07, 6.45) is 2.20. The van der Waals surface area contributed by atoms with E-state index in [1.54, 1.807) is 11.8 Å². The van der Waals surface area contributed by atoms with E-state index in [0.717, 1.165) is 6.42 Å². The molecular weight excluding hydrogens is 272 g/mol. The van der Waals surface area contributed by atoms with Crippen LogP contribution < -0.4 is 5.56 Å². The van der Waals surface area contributed by atoms with Crippen LogP contribution in [0.3, 0.4) is 0 Å². The van der Waals surface area contributed by atoms with Gasteiger partial charge in [0.15, 0.2) is 0 Å². The van der Waals surface area contributed by atoms with Crippen LogP contribution in [0, 0.1) is 6.92 Å². The molecule has 0 unspecified atom stereocenters. The summed E-state index contributed by atoms with van der Waals surface area (Å²) < 4.78 is 0. The van der Waals surface area contributed by atoms with E-state index in [4.69, 9.17) is 0 Å². The van der Waals surface area contributed by atoms with Crippen molar-refractivity contribution >= 4 is 5.91 Å². The van der Waals surface area contributed by atoms with Crippen LogP contribution in [-0.2, 0) is 11.2 Å². The third kappa shape index (κ3) is 3.48. The van der Waals surface area contributed by atoms with Gasteiger partial charge >= 0.3 is 0 Å². The van der Waals surface area contributed by atoms with Gasteiger partial charge in [-0.25, -0.2) is 4.98 Å². The molecule has 1 aromatic rings. The molecule has 0 saturated carbocycles. The molecule has 1 aromatic heterocycles. The van der Waals surface area contributed by atoms with Crippen LogP contribution in [0.5, 0.6) is 0 Å². The average Bonchev–Trinajstić information content (AvgIpc) is 2.86. The van der Waals surface area contributed by atoms with Gasteiger partial charge in [0, 0.05) is 24.3 Å². The Hall–Kier alpha value is -1.73. The van der Waals surface area contributed by atoms with Crippen molar-refractivity contribution in [3.63, 3.8) is 0 Å². The van der Waals surface area contributed by atoms with Crippen molar-refractivity contribution in [2.45, 2.75) is 31.8 Å². The van der Waals surface area contributed by atoms with Crippen molar-refractivity contribution in [2.24, 2.45) is 0 Å². The smallest absolute Gasteiger partial charge is 0.254 e. The predicted octanol–water partition coefficient (Wildman–Crippen LogP) is -0.856. The van der Waals surface area contributed by atoms with Crippen LogP contribution in [0.25, 0.3) is 0 Å². The number of nitrogens with one attached hydrogen (secondary N) is 1. The second-order valence-electron chi connectivity index (χ2n) is 5.74. The fraction of sp³-hybridized carbons (Fsp3) is 0.643. The first-order valence-electron chi connectivity index (χ1n) is 7.04. The van der Waals surface area contributed by atoms with Gasteiger partial charge in [0.25, 0.3) is 5.56 Å². The largest absolute Gasteiger partial charge is 0.394 e. The molecule has 7 nitrogen and oxygen atoms in total. The number of aliphatic hydroxyl groups excluding tert-OH is 1. The molecule has 2 atom stereocenters. The number of rotatable bonds is 4. The maximum absolute atomic E-state index is 12.4. The molecule has 116 valence electrons. The Morgan fingerprint density at radius 1 is 1.57 bits per heavy atom. The van der Waals surface area contributed by atoms with Gasteiger partial charge in [-0.15, -0.1) is 0 Å². The first kappa shape index (κ1) is 15.7. The van der Waals surface area contributed by atoms with E-state index in [-0.39, 0.29) is 36.6 Å². The highest BCUT2D eigenvalue weighted by Gasteiger charge is 2.35. The van der Waals surface area contributed by atoms with E-state index in [2.05, 4.69) is 14.9 Å². The van der Waals surface area contributed by atoms with Gasteiger partial charge in [0.2, 0.25) is 5.91 Å². The van der Waals surface area contributed by atoms with Gasteiger partial charge in [0.05, 0.1) is 19.1 Å². The summed E-state index contributed by atoms with van der Waals surface area (Å²) in [5.74, 6) is 0.382. The number of hydrogen-bond donors (Lipinski definition) is 2. The maximum atomic E-state index is 12.4. The monoisotopic (exact) mass is 294 g/mol. The number of amides is 1. The minimum absolute atomic E-state index is 0.0132. The number of aromatic amines is 1. The zero-order valence-electron chi connectivity index (χ0n) is 12.7. The maximum Gasteiger partial charge on any atom is 0.254 e. The lowest BCUT2D eigenvalue weighted by molar-refractivity contribution is -0.132. The molecular formula is C14H22N4O3. The second kappa shape index (κ2) is 6.36. The van der Waals surface area contributed by atoms with Crippen LogP contribution >= 0.6 is 0 Å². The number of carbonyl (C=O) groups excluding carboxylic acids is 1. The summed E-state index contributed by atoms with van der Waals surface area (Å²) in [4.78, 5) is 34.5. The van der Waals surface area contributed by atoms with E-state index in [0.29, 0.717) is 17.9 Å². The minimum Gasteiger partial charge on any atom is -0.394 e. The van der Waals surface area contributed by atoms with E-state index >= 15 is 0 Å². The van der Waals surface area contributed by atoms with Crippen LogP contribution in [0.1, 0.15) is 17.8 Å². The lowest BCUT2D eigenvalue weighted by Gasteiger charge is -2.23. The molecule has 1 fully saturated rings. The van der Waals surface area contributed by atoms with Gasteiger partial charge in [-0.1, -0.05) is 0 Å². The van der Waals surface area contributed by atoms with Crippen molar-refractivity contribution < 1.29 is 9.90 Å². The Balaban J connectivity index is 2.10. The Morgan fingerprint density at radius 3 is 2.86 bits per heavy atom. The second-order valence-corrected chi connectivity index (χ2v) is 5.74. The number of likely N-dealkylation sites (tertiary alicyclic amines) is 1. The Kier molecular flexibility index (Phi) is 4.74. The van der Waals surface area contributed by atoms with Gasteiger partial charge < -0.3 is 19.9 Å². The van der Waals surface area contributed by atoms with Gasteiger partial charge in [-0.05, 0) is 27.4 Å². The summed E-state index contributed by atoms with van der Waals surface area (Å²) in [6.45, 7) is 2.21. The molecule has 21 heavy (non-hydrogen) atoms. The number of nitrogens with zero attached hydrogens (tertiary/aromatic N) is 3. The molecule has 0 spiro atoms. The van der Waals surface area contributed by atoms with Gasteiger partial charge in [-0.3, -0.25) is 9.59 Å². The third-order valence-corrected chi connectivity index (χ3v) is 4.00. The first-order valence-corrected chi connectivity index (χ1v) is 7.04. The van der Waals surface area contributed by atoms with E-state index in [1.807, 2.05) is 14.1 Å².